The van der Waals surface area contributed by atoms with Crippen molar-refractivity contribution in [3.05, 3.63) is 0 Å². The number of unbranched alkanes of at least 4 members (excludes halogenated alkanes) is 9. The van der Waals surface area contributed by atoms with Gasteiger partial charge in [0, 0.05) is 0 Å². The van der Waals surface area contributed by atoms with Gasteiger partial charge in [-0.1, -0.05) is 71.1 Å². The van der Waals surface area contributed by atoms with Crippen molar-refractivity contribution in [2.45, 2.75) is 83.7 Å². The van der Waals surface area contributed by atoms with Crippen LogP contribution in [-0.4, -0.2) is 34.5 Å². The van der Waals surface area contributed by atoms with Crippen molar-refractivity contribution in [2.24, 2.45) is 0 Å². The molecule has 4 nitrogen and oxygen atoms in total. The predicted molar refractivity (Wildman–Crippen MR) is 78.2 cm³/mol. The summed E-state index contributed by atoms with van der Waals surface area (Å²) in [5.74, 6) is 0. The minimum absolute atomic E-state index is 0.0859. The van der Waals surface area contributed by atoms with E-state index in [0.29, 0.717) is 0 Å². The first-order chi connectivity index (χ1) is 9.22. The Balaban J connectivity index is 0. The van der Waals surface area contributed by atoms with Gasteiger partial charge >= 0.3 is 0 Å². The van der Waals surface area contributed by atoms with Gasteiger partial charge in [-0.2, -0.15) is 0 Å². The van der Waals surface area contributed by atoms with Crippen molar-refractivity contribution in [1.82, 2.24) is 0 Å². The van der Waals surface area contributed by atoms with Crippen molar-refractivity contribution in [3.63, 3.8) is 0 Å². The topological polar surface area (TPSA) is 77.8 Å². The van der Waals surface area contributed by atoms with Gasteiger partial charge in [-0.3, -0.25) is 4.79 Å². The molecule has 1 atom stereocenters. The third-order valence-corrected chi connectivity index (χ3v) is 3.10. The first-order valence-electron chi connectivity index (χ1n) is 7.59. The maximum Gasteiger partial charge on any atom is 0.290 e. The molecule has 0 amide bonds. The summed E-state index contributed by atoms with van der Waals surface area (Å²) in [6.45, 7) is 1.91. The average Bonchev–Trinajstić information content (AvgIpc) is 2.41. The second-order valence-electron chi connectivity index (χ2n) is 4.91. The first kappa shape index (κ1) is 20.7. The molecule has 1 unspecified atom stereocenters. The second-order valence-corrected chi connectivity index (χ2v) is 4.91. The fourth-order valence-corrected chi connectivity index (χ4v) is 1.96. The van der Waals surface area contributed by atoms with Gasteiger partial charge in [0.05, 0.1) is 12.7 Å². The largest absolute Gasteiger partial charge is 0.483 e. The van der Waals surface area contributed by atoms with Gasteiger partial charge < -0.3 is 15.3 Å². The van der Waals surface area contributed by atoms with Crippen LogP contribution in [0.2, 0.25) is 0 Å². The van der Waals surface area contributed by atoms with Crippen LogP contribution in [0.3, 0.4) is 0 Å². The van der Waals surface area contributed by atoms with E-state index in [1.54, 1.807) is 0 Å². The molecule has 0 fully saturated rings. The van der Waals surface area contributed by atoms with Crippen molar-refractivity contribution >= 4 is 6.47 Å². The van der Waals surface area contributed by atoms with Gasteiger partial charge in [0.15, 0.2) is 0 Å². The molecule has 0 aliphatic rings. The Morgan fingerprint density at radius 1 is 0.895 bits per heavy atom. The van der Waals surface area contributed by atoms with Crippen LogP contribution in [-0.2, 0) is 4.79 Å². The number of carbonyl (C=O) groups is 1. The summed E-state index contributed by atoms with van der Waals surface area (Å²) in [5, 5.41) is 24.6. The number of hydrogen-bond donors (Lipinski definition) is 3. The van der Waals surface area contributed by atoms with E-state index in [4.69, 9.17) is 20.1 Å². The van der Waals surface area contributed by atoms with E-state index < -0.39 is 6.10 Å². The van der Waals surface area contributed by atoms with E-state index in [1.807, 2.05) is 0 Å². The molecule has 0 heterocycles. The quantitative estimate of drug-likeness (QED) is 0.377. The van der Waals surface area contributed by atoms with Crippen molar-refractivity contribution in [3.8, 4) is 0 Å². The molecule has 0 radical (unpaired) electrons. The lowest BCUT2D eigenvalue weighted by Gasteiger charge is -2.06. The smallest absolute Gasteiger partial charge is 0.290 e. The molecule has 0 aromatic rings. The fourth-order valence-electron chi connectivity index (χ4n) is 1.96. The van der Waals surface area contributed by atoms with Gasteiger partial charge in [0.2, 0.25) is 0 Å². The van der Waals surface area contributed by atoms with Crippen molar-refractivity contribution in [1.29, 1.82) is 0 Å². The lowest BCUT2D eigenvalue weighted by atomic mass is 10.0. The summed E-state index contributed by atoms with van der Waals surface area (Å²) < 4.78 is 0. The number of aliphatic hydroxyl groups is 2. The summed E-state index contributed by atoms with van der Waals surface area (Å²) >= 11 is 0. The maximum atomic E-state index is 9.13. The summed E-state index contributed by atoms with van der Waals surface area (Å²) in [5.41, 5.74) is 0. The Morgan fingerprint density at radius 3 is 1.63 bits per heavy atom. The number of hydrogen-bond acceptors (Lipinski definition) is 3. The van der Waals surface area contributed by atoms with Crippen LogP contribution in [0.25, 0.3) is 0 Å². The molecular weight excluding hydrogens is 244 g/mol. The van der Waals surface area contributed by atoms with E-state index in [0.717, 1.165) is 12.8 Å². The zero-order valence-corrected chi connectivity index (χ0v) is 12.4. The minimum atomic E-state index is -0.492. The molecular formula is C15H32O4. The van der Waals surface area contributed by atoms with Crippen LogP contribution in [0.5, 0.6) is 0 Å². The Morgan fingerprint density at radius 2 is 1.26 bits per heavy atom. The zero-order chi connectivity index (χ0) is 14.8. The van der Waals surface area contributed by atoms with Crippen LogP contribution in [0.4, 0.5) is 0 Å². The lowest BCUT2D eigenvalue weighted by Crippen LogP contribution is -2.10. The number of aliphatic hydroxyl groups excluding tert-OH is 2. The van der Waals surface area contributed by atoms with E-state index in [-0.39, 0.29) is 13.1 Å². The predicted octanol–water partition coefficient (Wildman–Crippen LogP) is 3.35. The molecule has 0 rings (SSSR count). The minimum Gasteiger partial charge on any atom is -0.483 e. The second kappa shape index (κ2) is 19.7. The van der Waals surface area contributed by atoms with Crippen molar-refractivity contribution in [2.75, 3.05) is 6.61 Å². The van der Waals surface area contributed by atoms with Gasteiger partial charge in [-0.15, -0.1) is 0 Å². The molecule has 19 heavy (non-hydrogen) atoms. The van der Waals surface area contributed by atoms with E-state index in [2.05, 4.69) is 6.92 Å². The van der Waals surface area contributed by atoms with Gasteiger partial charge in [-0.05, 0) is 6.42 Å². The highest BCUT2D eigenvalue weighted by atomic mass is 16.3. The molecule has 3 N–H and O–H groups in total. The molecule has 0 bridgehead atoms. The summed E-state index contributed by atoms with van der Waals surface area (Å²) in [6, 6.07) is 0. The SMILES string of the molecule is CCCCCCCCCCCCC(O)CO.O=CO. The Labute approximate surface area is 117 Å². The molecule has 4 heteroatoms. The van der Waals surface area contributed by atoms with Crippen LogP contribution < -0.4 is 0 Å². The van der Waals surface area contributed by atoms with Crippen LogP contribution in [0.1, 0.15) is 77.6 Å². The van der Waals surface area contributed by atoms with E-state index in [1.165, 1.54) is 57.8 Å². The highest BCUT2D eigenvalue weighted by Gasteiger charge is 2.00. The van der Waals surface area contributed by atoms with Crippen molar-refractivity contribution < 1.29 is 20.1 Å². The van der Waals surface area contributed by atoms with Gasteiger partial charge in [0.25, 0.3) is 6.47 Å². The Kier molecular flexibility index (Phi) is 21.5. The highest BCUT2D eigenvalue weighted by molar-refractivity contribution is 5.32. The Hall–Kier alpha value is -0.610. The fraction of sp³-hybridized carbons (Fsp3) is 0.933. The maximum absolute atomic E-state index is 9.13. The summed E-state index contributed by atoms with van der Waals surface area (Å²) in [4.78, 5) is 8.36. The van der Waals surface area contributed by atoms with E-state index in [9.17, 15) is 0 Å². The molecule has 0 aromatic heterocycles. The summed E-state index contributed by atoms with van der Waals surface area (Å²) in [6.07, 6.45) is 13.4. The molecule has 0 spiro atoms. The third kappa shape index (κ3) is 23.0. The lowest BCUT2D eigenvalue weighted by molar-refractivity contribution is -0.122. The Bertz CT molecular complexity index is 162. The number of carboxylic acid groups (broad SMARTS) is 1. The van der Waals surface area contributed by atoms with Gasteiger partial charge in [-0.25, -0.2) is 0 Å². The standard InChI is InChI=1S/C14H30O2.CH2O2/c1-2-3-4-5-6-7-8-9-10-11-12-14(16)13-15;2-1-3/h14-16H,2-13H2,1H3;1H,(H,2,3). The van der Waals surface area contributed by atoms with Crippen LogP contribution in [0, 0.1) is 0 Å². The highest BCUT2D eigenvalue weighted by Crippen LogP contribution is 2.11. The van der Waals surface area contributed by atoms with E-state index >= 15 is 0 Å². The molecule has 116 valence electrons. The van der Waals surface area contributed by atoms with Crippen LogP contribution in [0.15, 0.2) is 0 Å². The molecule has 0 aliphatic heterocycles. The molecule has 0 aromatic carbocycles. The van der Waals surface area contributed by atoms with Crippen LogP contribution >= 0.6 is 0 Å². The third-order valence-electron chi connectivity index (χ3n) is 3.10. The molecule has 0 aliphatic carbocycles. The first-order valence-corrected chi connectivity index (χ1v) is 7.59. The molecule has 0 saturated carbocycles. The molecule has 0 saturated heterocycles. The average molecular weight is 276 g/mol. The summed E-state index contributed by atoms with van der Waals surface area (Å²) in [7, 11) is 0. The van der Waals surface area contributed by atoms with Gasteiger partial charge in [0.1, 0.15) is 0 Å². The number of rotatable bonds is 12. The monoisotopic (exact) mass is 276 g/mol. The normalized spacial score (nSPS) is 11.5. The zero-order valence-electron chi connectivity index (χ0n) is 12.4.